The van der Waals surface area contributed by atoms with Crippen LogP contribution >= 0.6 is 0 Å². The number of benzene rings is 1. The van der Waals surface area contributed by atoms with Gasteiger partial charge in [-0.1, -0.05) is 17.7 Å². The Kier molecular flexibility index (Phi) is 3.71. The maximum atomic E-state index is 12.1. The molecule has 0 saturated heterocycles. The fraction of sp³-hybridized carbons (Fsp3) is 0.533. The van der Waals surface area contributed by atoms with Crippen LogP contribution in [0.5, 0.6) is 0 Å². The molecule has 1 aromatic carbocycles. The van der Waals surface area contributed by atoms with Crippen molar-refractivity contribution in [2.24, 2.45) is 5.92 Å². The summed E-state index contributed by atoms with van der Waals surface area (Å²) in [6.45, 7) is 6.28. The molecule has 2 rings (SSSR count). The Morgan fingerprint density at radius 3 is 2.39 bits per heavy atom. The molecule has 1 aliphatic carbocycles. The lowest BCUT2D eigenvalue weighted by molar-refractivity contribution is 0.0900. The first kappa shape index (κ1) is 13.1. The zero-order valence-electron chi connectivity index (χ0n) is 11.3. The first-order valence-corrected chi connectivity index (χ1v) is 6.53. The van der Waals surface area contributed by atoms with E-state index in [4.69, 9.17) is 0 Å². The van der Waals surface area contributed by atoms with Gasteiger partial charge in [-0.15, -0.1) is 0 Å². The van der Waals surface area contributed by atoms with Gasteiger partial charge in [0.2, 0.25) is 0 Å². The molecular formula is C15H21NO2. The molecule has 0 heterocycles. The van der Waals surface area contributed by atoms with Crippen molar-refractivity contribution in [1.29, 1.82) is 0 Å². The number of rotatable bonds is 4. The molecule has 0 aromatic heterocycles. The largest absolute Gasteiger partial charge is 0.391 e. The lowest BCUT2D eigenvalue weighted by Gasteiger charge is -2.14. The van der Waals surface area contributed by atoms with E-state index in [1.54, 1.807) is 0 Å². The van der Waals surface area contributed by atoms with E-state index in [2.05, 4.69) is 5.32 Å². The molecule has 1 aliphatic rings. The van der Waals surface area contributed by atoms with Crippen molar-refractivity contribution >= 4 is 5.91 Å². The Morgan fingerprint density at radius 1 is 1.33 bits per heavy atom. The molecule has 1 atom stereocenters. The zero-order chi connectivity index (χ0) is 13.3. The number of aryl methyl sites for hydroxylation is 3. The summed E-state index contributed by atoms with van der Waals surface area (Å²) in [6, 6.07) is 4.03. The van der Waals surface area contributed by atoms with E-state index in [0.717, 1.165) is 29.5 Å². The van der Waals surface area contributed by atoms with E-state index < -0.39 is 0 Å². The summed E-state index contributed by atoms with van der Waals surface area (Å²) < 4.78 is 0. The molecular weight excluding hydrogens is 226 g/mol. The predicted octanol–water partition coefficient (Wildman–Crippen LogP) is 2.11. The number of carbonyl (C=O) groups excluding carboxylic acids is 1. The van der Waals surface area contributed by atoms with E-state index in [0.29, 0.717) is 12.5 Å². The van der Waals surface area contributed by atoms with Gasteiger partial charge in [0.15, 0.2) is 0 Å². The quantitative estimate of drug-likeness (QED) is 0.856. The molecule has 2 N–H and O–H groups in total. The third-order valence-electron chi connectivity index (χ3n) is 3.54. The summed E-state index contributed by atoms with van der Waals surface area (Å²) in [6.07, 6.45) is 1.78. The van der Waals surface area contributed by atoms with Gasteiger partial charge in [-0.2, -0.15) is 0 Å². The Balaban J connectivity index is 2.04. The van der Waals surface area contributed by atoms with Gasteiger partial charge in [0.1, 0.15) is 0 Å². The molecule has 0 aliphatic heterocycles. The second-order valence-corrected chi connectivity index (χ2v) is 5.39. The number of aliphatic hydroxyl groups excluding tert-OH is 1. The normalized spacial score (nSPS) is 16.4. The average molecular weight is 247 g/mol. The van der Waals surface area contributed by atoms with Crippen LogP contribution in [0.2, 0.25) is 0 Å². The smallest absolute Gasteiger partial charge is 0.251 e. The van der Waals surface area contributed by atoms with Crippen molar-refractivity contribution in [2.45, 2.75) is 39.7 Å². The van der Waals surface area contributed by atoms with Gasteiger partial charge in [0, 0.05) is 12.1 Å². The van der Waals surface area contributed by atoms with Gasteiger partial charge < -0.3 is 10.4 Å². The fourth-order valence-electron chi connectivity index (χ4n) is 2.47. The molecule has 1 saturated carbocycles. The first-order valence-electron chi connectivity index (χ1n) is 6.53. The number of hydrogen-bond donors (Lipinski definition) is 2. The number of aliphatic hydroxyl groups is 1. The lowest BCUT2D eigenvalue weighted by atomic mass is 9.99. The van der Waals surface area contributed by atoms with Gasteiger partial charge in [0.05, 0.1) is 6.10 Å². The molecule has 18 heavy (non-hydrogen) atoms. The number of carbonyl (C=O) groups is 1. The summed E-state index contributed by atoms with van der Waals surface area (Å²) in [7, 11) is 0. The van der Waals surface area contributed by atoms with Gasteiger partial charge in [-0.25, -0.2) is 0 Å². The zero-order valence-corrected chi connectivity index (χ0v) is 11.3. The molecule has 1 aromatic rings. The lowest BCUT2D eigenvalue weighted by Crippen LogP contribution is -2.33. The third-order valence-corrected chi connectivity index (χ3v) is 3.54. The molecule has 0 radical (unpaired) electrons. The second-order valence-electron chi connectivity index (χ2n) is 5.39. The van der Waals surface area contributed by atoms with Gasteiger partial charge in [0.25, 0.3) is 5.91 Å². The third kappa shape index (κ3) is 2.91. The molecule has 1 fully saturated rings. The second kappa shape index (κ2) is 5.11. The minimum Gasteiger partial charge on any atom is -0.391 e. The van der Waals surface area contributed by atoms with Crippen LogP contribution in [0.3, 0.4) is 0 Å². The van der Waals surface area contributed by atoms with E-state index in [1.165, 1.54) is 5.56 Å². The van der Waals surface area contributed by atoms with Gasteiger partial charge in [-0.3, -0.25) is 4.79 Å². The van der Waals surface area contributed by atoms with Crippen molar-refractivity contribution in [2.75, 3.05) is 6.54 Å². The molecule has 1 amide bonds. The molecule has 0 spiro atoms. The topological polar surface area (TPSA) is 49.3 Å². The minimum absolute atomic E-state index is 0.0790. The first-order chi connectivity index (χ1) is 8.49. The van der Waals surface area contributed by atoms with Crippen molar-refractivity contribution in [3.05, 3.63) is 34.4 Å². The monoisotopic (exact) mass is 247 g/mol. The summed E-state index contributed by atoms with van der Waals surface area (Å²) in [4.78, 5) is 12.1. The van der Waals surface area contributed by atoms with Crippen molar-refractivity contribution in [1.82, 2.24) is 5.32 Å². The number of nitrogens with one attached hydrogen (secondary N) is 1. The van der Waals surface area contributed by atoms with E-state index in [-0.39, 0.29) is 12.0 Å². The van der Waals surface area contributed by atoms with E-state index >= 15 is 0 Å². The van der Waals surface area contributed by atoms with Crippen molar-refractivity contribution < 1.29 is 9.90 Å². The SMILES string of the molecule is Cc1cc(C)c(C(=O)NCC(O)C2CC2)c(C)c1. The Hall–Kier alpha value is -1.35. The van der Waals surface area contributed by atoms with E-state index in [9.17, 15) is 9.90 Å². The van der Waals surface area contributed by atoms with Gasteiger partial charge in [-0.05, 0) is 50.7 Å². The maximum absolute atomic E-state index is 12.1. The van der Waals surface area contributed by atoms with Crippen LogP contribution in [0.25, 0.3) is 0 Å². The predicted molar refractivity (Wildman–Crippen MR) is 71.7 cm³/mol. The van der Waals surface area contributed by atoms with Crippen LogP contribution in [-0.2, 0) is 0 Å². The molecule has 0 bridgehead atoms. The minimum atomic E-state index is -0.389. The Bertz CT molecular complexity index is 441. The molecule has 3 nitrogen and oxygen atoms in total. The van der Waals surface area contributed by atoms with Crippen molar-refractivity contribution in [3.8, 4) is 0 Å². The highest BCUT2D eigenvalue weighted by Crippen LogP contribution is 2.32. The highest BCUT2D eigenvalue weighted by Gasteiger charge is 2.29. The van der Waals surface area contributed by atoms with Crippen LogP contribution < -0.4 is 5.32 Å². The van der Waals surface area contributed by atoms with Gasteiger partial charge >= 0.3 is 0 Å². The molecule has 98 valence electrons. The summed E-state index contributed by atoms with van der Waals surface area (Å²) in [5.74, 6) is 0.315. The van der Waals surface area contributed by atoms with Crippen LogP contribution in [0.1, 0.15) is 39.9 Å². The molecule has 1 unspecified atom stereocenters. The average Bonchev–Trinajstić information content (AvgIpc) is 3.07. The summed E-state index contributed by atoms with van der Waals surface area (Å²) in [5, 5.41) is 12.6. The number of hydrogen-bond acceptors (Lipinski definition) is 2. The summed E-state index contributed by atoms with van der Waals surface area (Å²) in [5.41, 5.74) is 3.89. The van der Waals surface area contributed by atoms with Crippen LogP contribution in [-0.4, -0.2) is 23.7 Å². The standard InChI is InChI=1S/C15H21NO2/c1-9-6-10(2)14(11(3)7-9)15(18)16-8-13(17)12-4-5-12/h6-7,12-13,17H,4-5,8H2,1-3H3,(H,16,18). The highest BCUT2D eigenvalue weighted by molar-refractivity contribution is 5.97. The highest BCUT2D eigenvalue weighted by atomic mass is 16.3. The number of amides is 1. The Labute approximate surface area is 108 Å². The summed E-state index contributed by atoms with van der Waals surface area (Å²) >= 11 is 0. The van der Waals surface area contributed by atoms with Crippen LogP contribution in [0.15, 0.2) is 12.1 Å². The van der Waals surface area contributed by atoms with E-state index in [1.807, 2.05) is 32.9 Å². The van der Waals surface area contributed by atoms with Crippen molar-refractivity contribution in [3.63, 3.8) is 0 Å². The van der Waals surface area contributed by atoms with Crippen LogP contribution in [0, 0.1) is 26.7 Å². The van der Waals surface area contributed by atoms with Crippen LogP contribution in [0.4, 0.5) is 0 Å². The Morgan fingerprint density at radius 2 is 1.89 bits per heavy atom. The fourth-order valence-corrected chi connectivity index (χ4v) is 2.47. The maximum Gasteiger partial charge on any atom is 0.251 e. The molecule has 3 heteroatoms.